The lowest BCUT2D eigenvalue weighted by Crippen LogP contribution is -2.09. The predicted molar refractivity (Wildman–Crippen MR) is 48.9 cm³/mol. The molecular formula is C8H14N4O. The molecule has 1 unspecified atom stereocenters. The van der Waals surface area contributed by atoms with Gasteiger partial charge in [-0.3, -0.25) is 0 Å². The molecule has 13 heavy (non-hydrogen) atoms. The maximum Gasteiger partial charge on any atom is 0.223 e. The molecule has 0 radical (unpaired) electrons. The summed E-state index contributed by atoms with van der Waals surface area (Å²) in [6.45, 7) is 2.08. The highest BCUT2D eigenvalue weighted by atomic mass is 16.5. The molecule has 0 aliphatic rings. The van der Waals surface area contributed by atoms with Crippen LogP contribution in [-0.2, 0) is 4.74 Å². The zero-order chi connectivity index (χ0) is 9.68. The van der Waals surface area contributed by atoms with Crippen LogP contribution in [0.2, 0.25) is 0 Å². The number of rotatable bonds is 4. The van der Waals surface area contributed by atoms with Gasteiger partial charge in [-0.1, -0.05) is 13.3 Å². The first-order valence-corrected chi connectivity index (χ1v) is 4.25. The molecule has 2 N–H and O–H groups in total. The van der Waals surface area contributed by atoms with Crippen molar-refractivity contribution in [3.63, 3.8) is 0 Å². The third-order valence-corrected chi connectivity index (χ3v) is 1.73. The fourth-order valence-corrected chi connectivity index (χ4v) is 1.09. The summed E-state index contributed by atoms with van der Waals surface area (Å²) >= 11 is 0. The van der Waals surface area contributed by atoms with E-state index in [1.54, 1.807) is 7.11 Å². The van der Waals surface area contributed by atoms with Crippen LogP contribution in [0.15, 0.2) is 6.33 Å². The Balaban J connectivity index is 2.78. The van der Waals surface area contributed by atoms with Crippen LogP contribution in [-0.4, -0.2) is 22.1 Å². The minimum Gasteiger partial charge on any atom is -0.373 e. The second kappa shape index (κ2) is 4.71. The smallest absolute Gasteiger partial charge is 0.223 e. The molecule has 0 fully saturated rings. The van der Waals surface area contributed by atoms with Crippen LogP contribution in [0.1, 0.15) is 31.7 Å². The Morgan fingerprint density at radius 2 is 2.31 bits per heavy atom. The predicted octanol–water partition coefficient (Wildman–Crippen LogP) is 0.941. The Kier molecular flexibility index (Phi) is 3.57. The van der Waals surface area contributed by atoms with E-state index in [-0.39, 0.29) is 12.1 Å². The number of methoxy groups -OCH3 is 1. The number of nitrogens with two attached hydrogens (primary N) is 1. The van der Waals surface area contributed by atoms with Gasteiger partial charge in [-0.25, -0.2) is 9.97 Å². The van der Waals surface area contributed by atoms with Gasteiger partial charge >= 0.3 is 0 Å². The van der Waals surface area contributed by atoms with E-state index in [2.05, 4.69) is 21.9 Å². The SMILES string of the molecule is CCCC(OC)c1ncnc(N)n1. The first-order valence-electron chi connectivity index (χ1n) is 4.25. The van der Waals surface area contributed by atoms with Crippen LogP contribution in [0, 0.1) is 0 Å². The first-order chi connectivity index (χ1) is 6.27. The van der Waals surface area contributed by atoms with Gasteiger partial charge in [-0.15, -0.1) is 0 Å². The van der Waals surface area contributed by atoms with Gasteiger partial charge in [-0.2, -0.15) is 4.98 Å². The standard InChI is InChI=1S/C8H14N4O/c1-3-4-6(13-2)7-10-5-11-8(9)12-7/h5-6H,3-4H2,1-2H3,(H2,9,10,11,12). The lowest BCUT2D eigenvalue weighted by Gasteiger charge is -2.11. The number of nitrogens with zero attached hydrogens (tertiary/aromatic N) is 3. The molecule has 0 saturated heterocycles. The van der Waals surface area contributed by atoms with Gasteiger partial charge in [0.15, 0.2) is 5.82 Å². The summed E-state index contributed by atoms with van der Waals surface area (Å²) in [7, 11) is 1.64. The maximum absolute atomic E-state index is 5.43. The Bertz CT molecular complexity index is 266. The molecule has 5 heteroatoms. The van der Waals surface area contributed by atoms with E-state index >= 15 is 0 Å². The molecular weight excluding hydrogens is 168 g/mol. The van der Waals surface area contributed by atoms with Gasteiger partial charge < -0.3 is 10.5 Å². The maximum atomic E-state index is 5.43. The van der Waals surface area contributed by atoms with Gasteiger partial charge in [0.25, 0.3) is 0 Å². The van der Waals surface area contributed by atoms with E-state index in [0.29, 0.717) is 5.82 Å². The molecule has 0 bridgehead atoms. The highest BCUT2D eigenvalue weighted by Gasteiger charge is 2.12. The van der Waals surface area contributed by atoms with Gasteiger partial charge in [0.1, 0.15) is 12.4 Å². The molecule has 0 spiro atoms. The van der Waals surface area contributed by atoms with Crippen molar-refractivity contribution in [2.45, 2.75) is 25.9 Å². The van der Waals surface area contributed by atoms with E-state index in [0.717, 1.165) is 12.8 Å². The Hall–Kier alpha value is -1.23. The summed E-state index contributed by atoms with van der Waals surface area (Å²) in [5.74, 6) is 0.847. The van der Waals surface area contributed by atoms with Crippen LogP contribution in [0.4, 0.5) is 5.95 Å². The number of aromatic nitrogens is 3. The molecule has 1 heterocycles. The second-order valence-electron chi connectivity index (χ2n) is 2.71. The van der Waals surface area contributed by atoms with Crippen molar-refractivity contribution in [2.75, 3.05) is 12.8 Å². The lowest BCUT2D eigenvalue weighted by molar-refractivity contribution is 0.0875. The van der Waals surface area contributed by atoms with Crippen LogP contribution in [0.25, 0.3) is 0 Å². The number of ether oxygens (including phenoxy) is 1. The second-order valence-corrected chi connectivity index (χ2v) is 2.71. The Labute approximate surface area is 77.4 Å². The topological polar surface area (TPSA) is 73.9 Å². The van der Waals surface area contributed by atoms with Crippen molar-refractivity contribution in [2.24, 2.45) is 0 Å². The molecule has 0 saturated carbocycles. The zero-order valence-corrected chi connectivity index (χ0v) is 7.90. The number of hydrogen-bond donors (Lipinski definition) is 1. The van der Waals surface area contributed by atoms with Gasteiger partial charge in [0, 0.05) is 7.11 Å². The van der Waals surface area contributed by atoms with Crippen molar-refractivity contribution in [3.8, 4) is 0 Å². The number of hydrogen-bond acceptors (Lipinski definition) is 5. The number of nitrogen functional groups attached to an aromatic ring is 1. The molecule has 0 amide bonds. The van der Waals surface area contributed by atoms with Crippen LogP contribution >= 0.6 is 0 Å². The summed E-state index contributed by atoms with van der Waals surface area (Å²) in [5, 5.41) is 0. The zero-order valence-electron chi connectivity index (χ0n) is 7.90. The van der Waals surface area contributed by atoms with Crippen molar-refractivity contribution < 1.29 is 4.74 Å². The van der Waals surface area contributed by atoms with E-state index in [1.807, 2.05) is 0 Å². The Morgan fingerprint density at radius 1 is 1.54 bits per heavy atom. The average Bonchev–Trinajstić information content (AvgIpc) is 2.14. The van der Waals surface area contributed by atoms with Crippen molar-refractivity contribution in [1.82, 2.24) is 15.0 Å². The fraction of sp³-hybridized carbons (Fsp3) is 0.625. The summed E-state index contributed by atoms with van der Waals surface area (Å²) in [5.41, 5.74) is 5.43. The number of anilines is 1. The molecule has 0 aromatic carbocycles. The summed E-state index contributed by atoms with van der Waals surface area (Å²) < 4.78 is 5.22. The van der Waals surface area contributed by atoms with Crippen molar-refractivity contribution in [1.29, 1.82) is 0 Å². The highest BCUT2D eigenvalue weighted by Crippen LogP contribution is 2.17. The van der Waals surface area contributed by atoms with Crippen LogP contribution < -0.4 is 5.73 Å². The largest absolute Gasteiger partial charge is 0.373 e. The minimum atomic E-state index is -0.0738. The van der Waals surface area contributed by atoms with Crippen LogP contribution in [0.5, 0.6) is 0 Å². The average molecular weight is 182 g/mol. The highest BCUT2D eigenvalue weighted by molar-refractivity contribution is 5.13. The third kappa shape index (κ3) is 2.62. The van der Waals surface area contributed by atoms with Crippen LogP contribution in [0.3, 0.4) is 0 Å². The van der Waals surface area contributed by atoms with Crippen molar-refractivity contribution in [3.05, 3.63) is 12.2 Å². The fourth-order valence-electron chi connectivity index (χ4n) is 1.09. The summed E-state index contributed by atoms with van der Waals surface area (Å²) in [6.07, 6.45) is 3.24. The lowest BCUT2D eigenvalue weighted by atomic mass is 10.2. The monoisotopic (exact) mass is 182 g/mol. The molecule has 0 aliphatic carbocycles. The summed E-state index contributed by atoms with van der Waals surface area (Å²) in [6, 6.07) is 0. The molecule has 1 aromatic heterocycles. The first kappa shape index (κ1) is 9.85. The molecule has 0 aliphatic heterocycles. The summed E-state index contributed by atoms with van der Waals surface area (Å²) in [4.78, 5) is 11.7. The van der Waals surface area contributed by atoms with E-state index in [9.17, 15) is 0 Å². The van der Waals surface area contributed by atoms with E-state index in [1.165, 1.54) is 6.33 Å². The van der Waals surface area contributed by atoms with Gasteiger partial charge in [0.05, 0.1) is 0 Å². The van der Waals surface area contributed by atoms with Gasteiger partial charge in [-0.05, 0) is 6.42 Å². The molecule has 72 valence electrons. The van der Waals surface area contributed by atoms with E-state index < -0.39 is 0 Å². The molecule has 5 nitrogen and oxygen atoms in total. The molecule has 1 aromatic rings. The minimum absolute atomic E-state index is 0.0738. The van der Waals surface area contributed by atoms with Crippen molar-refractivity contribution >= 4 is 5.95 Å². The van der Waals surface area contributed by atoms with E-state index in [4.69, 9.17) is 10.5 Å². The molecule has 1 atom stereocenters. The quantitative estimate of drug-likeness (QED) is 0.750. The molecule has 1 rings (SSSR count). The third-order valence-electron chi connectivity index (χ3n) is 1.73. The Morgan fingerprint density at radius 3 is 2.85 bits per heavy atom. The van der Waals surface area contributed by atoms with Gasteiger partial charge in [0.2, 0.25) is 5.95 Å². The normalized spacial score (nSPS) is 12.8.